The molecular weight excluding hydrogens is 230 g/mol. The van der Waals surface area contributed by atoms with Gasteiger partial charge in [-0.25, -0.2) is 0 Å². The first-order valence-corrected chi connectivity index (χ1v) is 6.41. The highest BCUT2D eigenvalue weighted by atomic mass is 16.5. The fourth-order valence-electron chi connectivity index (χ4n) is 2.46. The zero-order chi connectivity index (χ0) is 13.1. The summed E-state index contributed by atoms with van der Waals surface area (Å²) in [5.74, 6) is 2.45. The second-order valence-electron chi connectivity index (χ2n) is 4.34. The first-order chi connectivity index (χ1) is 8.74. The van der Waals surface area contributed by atoms with Crippen LogP contribution in [0.4, 0.5) is 0 Å². The monoisotopic (exact) mass is 251 g/mol. The highest BCUT2D eigenvalue weighted by Crippen LogP contribution is 2.45. The summed E-state index contributed by atoms with van der Waals surface area (Å²) in [4.78, 5) is 0. The van der Waals surface area contributed by atoms with E-state index >= 15 is 0 Å². The Hall–Kier alpha value is -1.42. The second-order valence-corrected chi connectivity index (χ2v) is 4.34. The van der Waals surface area contributed by atoms with Crippen molar-refractivity contribution in [3.63, 3.8) is 0 Å². The van der Waals surface area contributed by atoms with Crippen molar-refractivity contribution >= 4 is 0 Å². The van der Waals surface area contributed by atoms with Crippen LogP contribution in [0.3, 0.4) is 0 Å². The number of hydrogen-bond donors (Lipinski definition) is 1. The molecule has 1 heterocycles. The lowest BCUT2D eigenvalue weighted by molar-refractivity contribution is 0.185. The fraction of sp³-hybridized carbons (Fsp3) is 0.571. The summed E-state index contributed by atoms with van der Waals surface area (Å²) in [6, 6.07) is 4.03. The lowest BCUT2D eigenvalue weighted by atomic mass is 10.0. The molecule has 1 aliphatic heterocycles. The number of benzene rings is 1. The van der Waals surface area contributed by atoms with Gasteiger partial charge in [0.1, 0.15) is 23.4 Å². The van der Waals surface area contributed by atoms with Crippen LogP contribution in [0.1, 0.15) is 31.9 Å². The summed E-state index contributed by atoms with van der Waals surface area (Å²) in [6.45, 7) is 5.13. The van der Waals surface area contributed by atoms with Gasteiger partial charge in [-0.15, -0.1) is 0 Å². The van der Waals surface area contributed by atoms with Gasteiger partial charge in [-0.05, 0) is 13.0 Å². The Morgan fingerprint density at radius 2 is 2.00 bits per heavy atom. The Balaban J connectivity index is 2.45. The molecule has 1 aromatic carbocycles. The van der Waals surface area contributed by atoms with E-state index in [1.54, 1.807) is 14.2 Å². The molecule has 18 heavy (non-hydrogen) atoms. The van der Waals surface area contributed by atoms with Crippen molar-refractivity contribution in [2.45, 2.75) is 32.4 Å². The molecule has 4 heteroatoms. The molecule has 100 valence electrons. The van der Waals surface area contributed by atoms with Crippen molar-refractivity contribution in [2.75, 3.05) is 20.8 Å². The molecule has 1 aliphatic rings. The van der Waals surface area contributed by atoms with Crippen LogP contribution < -0.4 is 19.5 Å². The Morgan fingerprint density at radius 3 is 2.56 bits per heavy atom. The van der Waals surface area contributed by atoms with Gasteiger partial charge in [0.15, 0.2) is 0 Å². The SMILES string of the molecule is CCNC1c2c(OC)cc(OC)cc2OC1CC. The number of hydrogen-bond acceptors (Lipinski definition) is 4. The number of ether oxygens (including phenoxy) is 3. The zero-order valence-corrected chi connectivity index (χ0v) is 11.4. The molecule has 2 atom stereocenters. The number of methoxy groups -OCH3 is 2. The quantitative estimate of drug-likeness (QED) is 0.873. The molecule has 1 N–H and O–H groups in total. The van der Waals surface area contributed by atoms with E-state index in [9.17, 15) is 0 Å². The first-order valence-electron chi connectivity index (χ1n) is 6.41. The maximum Gasteiger partial charge on any atom is 0.132 e. The van der Waals surface area contributed by atoms with Gasteiger partial charge in [0.05, 0.1) is 25.8 Å². The van der Waals surface area contributed by atoms with Crippen LogP contribution in [0, 0.1) is 0 Å². The minimum atomic E-state index is 0.154. The van der Waals surface area contributed by atoms with Crippen molar-refractivity contribution in [1.29, 1.82) is 0 Å². The molecule has 0 radical (unpaired) electrons. The van der Waals surface area contributed by atoms with E-state index in [1.165, 1.54) is 0 Å². The molecular formula is C14H21NO3. The van der Waals surface area contributed by atoms with Gasteiger partial charge in [-0.3, -0.25) is 0 Å². The van der Waals surface area contributed by atoms with Gasteiger partial charge in [-0.2, -0.15) is 0 Å². The molecule has 2 unspecified atom stereocenters. The van der Waals surface area contributed by atoms with Crippen molar-refractivity contribution in [3.05, 3.63) is 17.7 Å². The fourth-order valence-corrected chi connectivity index (χ4v) is 2.46. The van der Waals surface area contributed by atoms with Crippen LogP contribution in [0.5, 0.6) is 17.2 Å². The average Bonchev–Trinajstić information content (AvgIpc) is 2.76. The second kappa shape index (κ2) is 5.48. The van der Waals surface area contributed by atoms with Gasteiger partial charge >= 0.3 is 0 Å². The average molecular weight is 251 g/mol. The maximum atomic E-state index is 5.98. The topological polar surface area (TPSA) is 39.7 Å². The van der Waals surface area contributed by atoms with Crippen molar-refractivity contribution < 1.29 is 14.2 Å². The third-order valence-corrected chi connectivity index (χ3v) is 3.32. The van der Waals surface area contributed by atoms with E-state index in [2.05, 4.69) is 19.2 Å². The highest BCUT2D eigenvalue weighted by molar-refractivity contribution is 5.55. The summed E-state index contributed by atoms with van der Waals surface area (Å²) in [6.07, 6.45) is 1.11. The Labute approximate surface area is 108 Å². The third kappa shape index (κ3) is 2.12. The minimum Gasteiger partial charge on any atom is -0.496 e. The van der Waals surface area contributed by atoms with E-state index < -0.39 is 0 Å². The summed E-state index contributed by atoms with van der Waals surface area (Å²) >= 11 is 0. The van der Waals surface area contributed by atoms with Crippen LogP contribution in [0.25, 0.3) is 0 Å². The van der Waals surface area contributed by atoms with E-state index in [1.807, 2.05) is 12.1 Å². The van der Waals surface area contributed by atoms with Crippen LogP contribution in [-0.2, 0) is 0 Å². The van der Waals surface area contributed by atoms with E-state index in [-0.39, 0.29) is 12.1 Å². The molecule has 0 spiro atoms. The molecule has 0 aromatic heterocycles. The van der Waals surface area contributed by atoms with E-state index in [0.717, 1.165) is 35.8 Å². The Bertz CT molecular complexity index is 420. The summed E-state index contributed by atoms with van der Waals surface area (Å²) in [5.41, 5.74) is 1.10. The van der Waals surface area contributed by atoms with Gasteiger partial charge in [0.2, 0.25) is 0 Å². The molecule has 0 fully saturated rings. The standard InChI is InChI=1S/C14H21NO3/c1-5-10-14(15-6-2)13-11(17-4)7-9(16-3)8-12(13)18-10/h7-8,10,14-15H,5-6H2,1-4H3. The lowest BCUT2D eigenvalue weighted by Gasteiger charge is -2.19. The Morgan fingerprint density at radius 1 is 1.22 bits per heavy atom. The van der Waals surface area contributed by atoms with Crippen molar-refractivity contribution in [2.24, 2.45) is 0 Å². The van der Waals surface area contributed by atoms with Crippen molar-refractivity contribution in [3.8, 4) is 17.2 Å². The third-order valence-electron chi connectivity index (χ3n) is 3.32. The lowest BCUT2D eigenvalue weighted by Crippen LogP contribution is -2.30. The molecule has 0 saturated heterocycles. The summed E-state index contributed by atoms with van der Waals surface area (Å²) < 4.78 is 16.7. The number of fused-ring (bicyclic) bond motifs is 1. The van der Waals surface area contributed by atoms with Crippen LogP contribution in [0.2, 0.25) is 0 Å². The zero-order valence-electron chi connectivity index (χ0n) is 11.4. The smallest absolute Gasteiger partial charge is 0.132 e. The van der Waals surface area contributed by atoms with Gasteiger partial charge < -0.3 is 19.5 Å². The highest BCUT2D eigenvalue weighted by Gasteiger charge is 2.36. The largest absolute Gasteiger partial charge is 0.496 e. The maximum absolute atomic E-state index is 5.98. The van der Waals surface area contributed by atoms with Gasteiger partial charge in [0, 0.05) is 12.1 Å². The summed E-state index contributed by atoms with van der Waals surface area (Å²) in [7, 11) is 3.33. The van der Waals surface area contributed by atoms with Crippen molar-refractivity contribution in [1.82, 2.24) is 5.32 Å². The molecule has 4 nitrogen and oxygen atoms in total. The predicted octanol–water partition coefficient (Wildman–Crippen LogP) is 2.53. The molecule has 0 bridgehead atoms. The number of rotatable bonds is 5. The Kier molecular flexibility index (Phi) is 3.97. The summed E-state index contributed by atoms with van der Waals surface area (Å²) in [5, 5.41) is 3.47. The first kappa shape index (κ1) is 13.0. The van der Waals surface area contributed by atoms with Crippen LogP contribution in [-0.4, -0.2) is 26.9 Å². The van der Waals surface area contributed by atoms with Gasteiger partial charge in [0.25, 0.3) is 0 Å². The normalized spacial score (nSPS) is 21.3. The van der Waals surface area contributed by atoms with Gasteiger partial charge in [-0.1, -0.05) is 13.8 Å². The molecule has 0 amide bonds. The molecule has 0 aliphatic carbocycles. The van der Waals surface area contributed by atoms with E-state index in [4.69, 9.17) is 14.2 Å². The molecule has 2 rings (SSSR count). The minimum absolute atomic E-state index is 0.154. The van der Waals surface area contributed by atoms with Crippen LogP contribution in [0.15, 0.2) is 12.1 Å². The predicted molar refractivity (Wildman–Crippen MR) is 70.7 cm³/mol. The molecule has 0 saturated carbocycles. The number of nitrogens with one attached hydrogen (secondary N) is 1. The van der Waals surface area contributed by atoms with E-state index in [0.29, 0.717) is 0 Å². The van der Waals surface area contributed by atoms with Crippen LogP contribution >= 0.6 is 0 Å². The number of likely N-dealkylation sites (N-methyl/N-ethyl adjacent to an activating group) is 1. The molecule has 1 aromatic rings.